The van der Waals surface area contributed by atoms with Crippen molar-refractivity contribution < 1.29 is 19.4 Å². The van der Waals surface area contributed by atoms with Crippen molar-refractivity contribution in [3.8, 4) is 0 Å². The van der Waals surface area contributed by atoms with E-state index in [0.29, 0.717) is 13.2 Å². The normalized spacial score (nSPS) is 18.1. The van der Waals surface area contributed by atoms with E-state index in [4.69, 9.17) is 9.84 Å². The quantitative estimate of drug-likeness (QED) is 0.617. The molecule has 0 saturated heterocycles. The Bertz CT molecular complexity index is 304. The Labute approximate surface area is 112 Å². The number of carbonyl (C=O) groups excluding carboxylic acids is 1. The Morgan fingerprint density at radius 2 is 2.17 bits per heavy atom. The van der Waals surface area contributed by atoms with Gasteiger partial charge in [0, 0.05) is 19.4 Å². The third kappa shape index (κ3) is 5.27. The maximum atomic E-state index is 11.7. The third-order valence-corrected chi connectivity index (χ3v) is 4.59. The highest BCUT2D eigenvalue weighted by Crippen LogP contribution is 2.51. The van der Waals surface area contributed by atoms with Crippen LogP contribution in [0, 0.1) is 5.41 Å². The van der Waals surface area contributed by atoms with Crippen molar-refractivity contribution in [1.82, 2.24) is 5.32 Å². The second kappa shape index (κ2) is 6.99. The summed E-state index contributed by atoms with van der Waals surface area (Å²) in [5.74, 6) is -0.00786. The third-order valence-electron chi connectivity index (χ3n) is 3.10. The highest BCUT2D eigenvalue weighted by atomic mass is 32.2. The van der Waals surface area contributed by atoms with Gasteiger partial charge in [-0.05, 0) is 25.2 Å². The van der Waals surface area contributed by atoms with Gasteiger partial charge in [0.25, 0.3) is 0 Å². The molecule has 18 heavy (non-hydrogen) atoms. The molecule has 0 aliphatic heterocycles. The molecule has 0 radical (unpaired) electrons. The minimum absolute atomic E-state index is 0.0109. The Morgan fingerprint density at radius 3 is 2.67 bits per heavy atom. The number of ether oxygens (including phenoxy) is 1. The lowest BCUT2D eigenvalue weighted by molar-refractivity contribution is -0.138. The van der Waals surface area contributed by atoms with Crippen LogP contribution in [-0.4, -0.2) is 48.2 Å². The van der Waals surface area contributed by atoms with Crippen LogP contribution in [0.3, 0.4) is 0 Å². The molecule has 0 spiro atoms. The summed E-state index contributed by atoms with van der Waals surface area (Å²) < 4.78 is 4.85. The fraction of sp³-hybridized carbons (Fsp3) is 0.833. The molecule has 1 fully saturated rings. The first-order valence-electron chi connectivity index (χ1n) is 6.09. The fourth-order valence-corrected chi connectivity index (χ4v) is 2.90. The zero-order valence-electron chi connectivity index (χ0n) is 10.9. The van der Waals surface area contributed by atoms with Crippen molar-refractivity contribution in [1.29, 1.82) is 0 Å². The van der Waals surface area contributed by atoms with Crippen molar-refractivity contribution in [3.05, 3.63) is 0 Å². The first kappa shape index (κ1) is 15.3. The Morgan fingerprint density at radius 1 is 1.50 bits per heavy atom. The highest BCUT2D eigenvalue weighted by Gasteiger charge is 2.44. The number of aliphatic carboxylic acids is 1. The summed E-state index contributed by atoms with van der Waals surface area (Å²) >= 11 is 1.54. The molecule has 1 saturated carbocycles. The smallest absolute Gasteiger partial charge is 0.303 e. The van der Waals surface area contributed by atoms with E-state index in [1.54, 1.807) is 7.11 Å². The van der Waals surface area contributed by atoms with E-state index in [2.05, 4.69) is 5.32 Å². The van der Waals surface area contributed by atoms with E-state index < -0.39 is 5.97 Å². The number of hydrogen-bond acceptors (Lipinski definition) is 4. The topological polar surface area (TPSA) is 75.6 Å². The molecule has 1 atom stereocenters. The molecule has 1 unspecified atom stereocenters. The lowest BCUT2D eigenvalue weighted by Gasteiger charge is -2.16. The monoisotopic (exact) mass is 275 g/mol. The van der Waals surface area contributed by atoms with Gasteiger partial charge in [-0.25, -0.2) is 0 Å². The molecule has 0 aromatic heterocycles. The Hall–Kier alpha value is -0.750. The van der Waals surface area contributed by atoms with Crippen LogP contribution < -0.4 is 5.32 Å². The summed E-state index contributed by atoms with van der Waals surface area (Å²) in [6, 6.07) is 0. The SMILES string of the molecule is COCCNC(=O)C(C)SCC1(CC(=O)O)CC1. The molecule has 1 amide bonds. The molecule has 0 bridgehead atoms. The van der Waals surface area contributed by atoms with Crippen LogP contribution in [-0.2, 0) is 14.3 Å². The number of hydrogen-bond donors (Lipinski definition) is 2. The van der Waals surface area contributed by atoms with Gasteiger partial charge >= 0.3 is 5.97 Å². The highest BCUT2D eigenvalue weighted by molar-refractivity contribution is 8.00. The van der Waals surface area contributed by atoms with E-state index in [1.807, 2.05) is 6.92 Å². The molecular weight excluding hydrogens is 254 g/mol. The van der Waals surface area contributed by atoms with E-state index in [1.165, 1.54) is 11.8 Å². The molecule has 1 rings (SSSR count). The summed E-state index contributed by atoms with van der Waals surface area (Å²) in [5.41, 5.74) is -0.0580. The maximum absolute atomic E-state index is 11.7. The zero-order chi connectivity index (χ0) is 13.6. The predicted octanol–water partition coefficient (Wildman–Crippen LogP) is 1.13. The van der Waals surface area contributed by atoms with E-state index in [-0.39, 0.29) is 23.0 Å². The number of carboxylic acid groups (broad SMARTS) is 1. The minimum atomic E-state index is -0.745. The Kier molecular flexibility index (Phi) is 5.95. The molecule has 1 aliphatic carbocycles. The average molecular weight is 275 g/mol. The number of rotatable bonds is 9. The van der Waals surface area contributed by atoms with E-state index in [9.17, 15) is 9.59 Å². The largest absolute Gasteiger partial charge is 0.481 e. The summed E-state index contributed by atoms with van der Waals surface area (Å²) in [6.07, 6.45) is 2.15. The number of carbonyl (C=O) groups is 2. The molecule has 0 aromatic rings. The summed E-state index contributed by atoms with van der Waals surface area (Å²) in [5, 5.41) is 11.4. The summed E-state index contributed by atoms with van der Waals surface area (Å²) in [4.78, 5) is 22.4. The molecule has 2 N–H and O–H groups in total. The Balaban J connectivity index is 2.22. The molecule has 6 heteroatoms. The van der Waals surface area contributed by atoms with Crippen LogP contribution >= 0.6 is 11.8 Å². The van der Waals surface area contributed by atoms with Gasteiger partial charge in [-0.3, -0.25) is 9.59 Å². The van der Waals surface area contributed by atoms with Gasteiger partial charge in [-0.15, -0.1) is 11.8 Å². The zero-order valence-corrected chi connectivity index (χ0v) is 11.7. The van der Waals surface area contributed by atoms with Crippen molar-refractivity contribution in [2.75, 3.05) is 26.0 Å². The van der Waals surface area contributed by atoms with Gasteiger partial charge in [-0.1, -0.05) is 0 Å². The number of methoxy groups -OCH3 is 1. The minimum Gasteiger partial charge on any atom is -0.481 e. The van der Waals surface area contributed by atoms with Crippen LogP contribution in [0.25, 0.3) is 0 Å². The molecule has 5 nitrogen and oxygen atoms in total. The van der Waals surface area contributed by atoms with Crippen LogP contribution in [0.1, 0.15) is 26.2 Å². The van der Waals surface area contributed by atoms with Crippen molar-refractivity contribution in [2.45, 2.75) is 31.4 Å². The second-order valence-electron chi connectivity index (χ2n) is 4.81. The van der Waals surface area contributed by atoms with E-state index >= 15 is 0 Å². The molecule has 104 valence electrons. The van der Waals surface area contributed by atoms with Crippen LogP contribution in [0.4, 0.5) is 0 Å². The summed E-state index contributed by atoms with van der Waals surface area (Å²) in [6.45, 7) is 2.87. The van der Waals surface area contributed by atoms with Gasteiger partial charge < -0.3 is 15.2 Å². The molecule has 0 aromatic carbocycles. The van der Waals surface area contributed by atoms with Gasteiger partial charge in [-0.2, -0.15) is 0 Å². The standard InChI is InChI=1S/C12H21NO4S/c1-9(11(16)13-5-6-17-2)18-8-12(3-4-12)7-10(14)15/h9H,3-8H2,1-2H3,(H,13,16)(H,14,15). The number of amides is 1. The molecular formula is C12H21NO4S. The predicted molar refractivity (Wildman–Crippen MR) is 70.7 cm³/mol. The molecule has 0 heterocycles. The van der Waals surface area contributed by atoms with Crippen LogP contribution in [0.2, 0.25) is 0 Å². The fourth-order valence-electron chi connectivity index (χ4n) is 1.67. The second-order valence-corrected chi connectivity index (χ2v) is 6.14. The lowest BCUT2D eigenvalue weighted by Crippen LogP contribution is -2.33. The van der Waals surface area contributed by atoms with Crippen LogP contribution in [0.5, 0.6) is 0 Å². The first-order valence-corrected chi connectivity index (χ1v) is 7.14. The van der Waals surface area contributed by atoms with Gasteiger partial charge in [0.05, 0.1) is 18.3 Å². The van der Waals surface area contributed by atoms with Crippen molar-refractivity contribution in [2.24, 2.45) is 5.41 Å². The maximum Gasteiger partial charge on any atom is 0.303 e. The van der Waals surface area contributed by atoms with Gasteiger partial charge in [0.1, 0.15) is 0 Å². The molecule has 1 aliphatic rings. The van der Waals surface area contributed by atoms with Crippen molar-refractivity contribution in [3.63, 3.8) is 0 Å². The number of nitrogens with one attached hydrogen (secondary N) is 1. The van der Waals surface area contributed by atoms with Gasteiger partial charge in [0.2, 0.25) is 5.91 Å². The van der Waals surface area contributed by atoms with Crippen molar-refractivity contribution >= 4 is 23.6 Å². The summed E-state index contributed by atoms with van der Waals surface area (Å²) in [7, 11) is 1.59. The van der Waals surface area contributed by atoms with Gasteiger partial charge in [0.15, 0.2) is 0 Å². The average Bonchev–Trinajstić information content (AvgIpc) is 3.05. The first-order chi connectivity index (χ1) is 8.49. The van der Waals surface area contributed by atoms with E-state index in [0.717, 1.165) is 18.6 Å². The van der Waals surface area contributed by atoms with Crippen LogP contribution in [0.15, 0.2) is 0 Å². The number of thioether (sulfide) groups is 1. The lowest BCUT2D eigenvalue weighted by atomic mass is 10.1. The number of carboxylic acids is 1.